The van der Waals surface area contributed by atoms with Crippen LogP contribution in [-0.2, 0) is 14.3 Å². The number of methoxy groups -OCH3 is 1. The van der Waals surface area contributed by atoms with Gasteiger partial charge in [0.2, 0.25) is 11.8 Å². The minimum Gasteiger partial charge on any atom is -0.495 e. The number of nitrogens with zero attached hydrogens (tertiary/aromatic N) is 3. The molecule has 0 saturated carbocycles. The normalized spacial score (nSPS) is 18.4. The number of morpholine rings is 1. The first-order valence-electron chi connectivity index (χ1n) is 11.6. The molecule has 2 aromatic carbocycles. The summed E-state index contributed by atoms with van der Waals surface area (Å²) in [5, 5.41) is 3.45. The second kappa shape index (κ2) is 11.7. The molecule has 0 aromatic heterocycles. The van der Waals surface area contributed by atoms with Crippen molar-refractivity contribution in [1.82, 2.24) is 14.7 Å². The van der Waals surface area contributed by atoms with E-state index in [-0.39, 0.29) is 11.8 Å². The molecule has 0 aliphatic carbocycles. The summed E-state index contributed by atoms with van der Waals surface area (Å²) in [7, 11) is 1.55. The highest BCUT2D eigenvalue weighted by molar-refractivity contribution is 6.32. The van der Waals surface area contributed by atoms with Crippen LogP contribution in [0.25, 0.3) is 0 Å². The van der Waals surface area contributed by atoms with Crippen LogP contribution in [0.15, 0.2) is 48.5 Å². The Morgan fingerprint density at radius 1 is 1.03 bits per heavy atom. The van der Waals surface area contributed by atoms with Crippen molar-refractivity contribution in [3.8, 4) is 5.75 Å². The third-order valence-corrected chi connectivity index (χ3v) is 6.57. The van der Waals surface area contributed by atoms with Gasteiger partial charge in [-0.05, 0) is 23.8 Å². The number of anilines is 1. The van der Waals surface area contributed by atoms with Crippen molar-refractivity contribution in [2.45, 2.75) is 6.04 Å². The molecule has 2 fully saturated rings. The van der Waals surface area contributed by atoms with E-state index in [9.17, 15) is 9.59 Å². The standard InChI is InChI=1S/C25H31ClN4O4/c1-33-22-8-7-20(17-21(22)26)27-25(32)24(19-5-3-2-4-6-19)30-11-9-28(10-12-30)18-23(31)29-13-15-34-16-14-29/h2-8,17,24H,9-16,18H2,1H3,(H,27,32)/t24-/m1/s1. The van der Waals surface area contributed by atoms with Crippen LogP contribution >= 0.6 is 11.6 Å². The van der Waals surface area contributed by atoms with Gasteiger partial charge in [-0.15, -0.1) is 0 Å². The molecule has 4 rings (SSSR count). The van der Waals surface area contributed by atoms with Crippen LogP contribution < -0.4 is 10.1 Å². The van der Waals surface area contributed by atoms with Crippen LogP contribution in [0.5, 0.6) is 5.75 Å². The van der Waals surface area contributed by atoms with E-state index >= 15 is 0 Å². The van der Waals surface area contributed by atoms with Crippen LogP contribution in [0.1, 0.15) is 11.6 Å². The molecule has 2 heterocycles. The van der Waals surface area contributed by atoms with Crippen molar-refractivity contribution in [2.24, 2.45) is 0 Å². The molecule has 34 heavy (non-hydrogen) atoms. The Morgan fingerprint density at radius 3 is 2.38 bits per heavy atom. The zero-order chi connectivity index (χ0) is 23.9. The van der Waals surface area contributed by atoms with Crippen molar-refractivity contribution in [2.75, 3.05) is 71.5 Å². The molecule has 2 amide bonds. The number of hydrogen-bond donors (Lipinski definition) is 1. The molecule has 2 aliphatic rings. The van der Waals surface area contributed by atoms with Gasteiger partial charge in [-0.25, -0.2) is 0 Å². The highest BCUT2D eigenvalue weighted by atomic mass is 35.5. The molecular weight excluding hydrogens is 456 g/mol. The minimum absolute atomic E-state index is 0.120. The van der Waals surface area contributed by atoms with Gasteiger partial charge in [-0.1, -0.05) is 41.9 Å². The van der Waals surface area contributed by atoms with E-state index in [1.807, 2.05) is 35.2 Å². The van der Waals surface area contributed by atoms with Crippen LogP contribution in [0.2, 0.25) is 5.02 Å². The number of rotatable bonds is 7. The van der Waals surface area contributed by atoms with Crippen LogP contribution in [0, 0.1) is 0 Å². The third-order valence-electron chi connectivity index (χ3n) is 6.28. The summed E-state index contributed by atoms with van der Waals surface area (Å²) in [5.41, 5.74) is 1.55. The summed E-state index contributed by atoms with van der Waals surface area (Å²) in [5.74, 6) is 0.581. The Morgan fingerprint density at radius 2 is 1.74 bits per heavy atom. The summed E-state index contributed by atoms with van der Waals surface area (Å²) in [6.07, 6.45) is 0. The average Bonchev–Trinajstić information content (AvgIpc) is 2.86. The zero-order valence-electron chi connectivity index (χ0n) is 19.4. The number of benzene rings is 2. The Hall–Kier alpha value is -2.65. The number of amides is 2. The van der Waals surface area contributed by atoms with Gasteiger partial charge in [-0.3, -0.25) is 19.4 Å². The predicted octanol–water partition coefficient (Wildman–Crippen LogP) is 2.50. The van der Waals surface area contributed by atoms with Gasteiger partial charge in [0.05, 0.1) is 31.9 Å². The molecular formula is C25H31ClN4O4. The van der Waals surface area contributed by atoms with Crippen molar-refractivity contribution in [1.29, 1.82) is 0 Å². The maximum Gasteiger partial charge on any atom is 0.246 e. The van der Waals surface area contributed by atoms with Gasteiger partial charge >= 0.3 is 0 Å². The Labute approximate surface area is 205 Å². The SMILES string of the molecule is COc1ccc(NC(=O)[C@@H](c2ccccc2)N2CCN(CC(=O)N3CCOCC3)CC2)cc1Cl. The lowest BCUT2D eigenvalue weighted by molar-refractivity contribution is -0.137. The Balaban J connectivity index is 1.41. The molecule has 182 valence electrons. The number of piperazine rings is 1. The Kier molecular flexibility index (Phi) is 8.39. The van der Waals surface area contributed by atoms with Gasteiger partial charge in [0.1, 0.15) is 11.8 Å². The lowest BCUT2D eigenvalue weighted by Crippen LogP contribution is -2.53. The van der Waals surface area contributed by atoms with Crippen LogP contribution in [-0.4, -0.2) is 92.7 Å². The largest absolute Gasteiger partial charge is 0.495 e. The number of halogens is 1. The maximum absolute atomic E-state index is 13.4. The van der Waals surface area contributed by atoms with Crippen LogP contribution in [0.4, 0.5) is 5.69 Å². The van der Waals surface area contributed by atoms with Gasteiger partial charge in [0, 0.05) is 45.0 Å². The van der Waals surface area contributed by atoms with Crippen molar-refractivity contribution in [3.63, 3.8) is 0 Å². The molecule has 8 nitrogen and oxygen atoms in total. The van der Waals surface area contributed by atoms with E-state index in [0.29, 0.717) is 62.4 Å². The van der Waals surface area contributed by atoms with E-state index < -0.39 is 6.04 Å². The van der Waals surface area contributed by atoms with Gasteiger partial charge in [0.25, 0.3) is 0 Å². The van der Waals surface area contributed by atoms with Gasteiger partial charge < -0.3 is 19.7 Å². The smallest absolute Gasteiger partial charge is 0.246 e. The number of nitrogens with one attached hydrogen (secondary N) is 1. The lowest BCUT2D eigenvalue weighted by atomic mass is 10.0. The summed E-state index contributed by atoms with van der Waals surface area (Å²) in [4.78, 5) is 32.3. The second-order valence-corrected chi connectivity index (χ2v) is 8.86. The van der Waals surface area contributed by atoms with E-state index in [2.05, 4.69) is 15.1 Å². The summed E-state index contributed by atoms with van der Waals surface area (Å²) in [6.45, 7) is 5.75. The molecule has 1 N–H and O–H groups in total. The number of ether oxygens (including phenoxy) is 2. The second-order valence-electron chi connectivity index (χ2n) is 8.46. The van der Waals surface area contributed by atoms with E-state index in [1.165, 1.54) is 0 Å². The highest BCUT2D eigenvalue weighted by Crippen LogP contribution is 2.29. The fourth-order valence-electron chi connectivity index (χ4n) is 4.40. The summed E-state index contributed by atoms with van der Waals surface area (Å²) < 4.78 is 10.5. The molecule has 2 aromatic rings. The monoisotopic (exact) mass is 486 g/mol. The first-order valence-corrected chi connectivity index (χ1v) is 11.9. The van der Waals surface area contributed by atoms with Gasteiger partial charge in [-0.2, -0.15) is 0 Å². The molecule has 2 saturated heterocycles. The molecule has 0 bridgehead atoms. The minimum atomic E-state index is -0.445. The van der Waals surface area contributed by atoms with Crippen molar-refractivity contribution >= 4 is 29.1 Å². The predicted molar refractivity (Wildman–Crippen MR) is 131 cm³/mol. The molecule has 0 radical (unpaired) electrons. The number of hydrogen-bond acceptors (Lipinski definition) is 6. The molecule has 0 unspecified atom stereocenters. The van der Waals surface area contributed by atoms with Crippen LogP contribution in [0.3, 0.4) is 0 Å². The average molecular weight is 487 g/mol. The quantitative estimate of drug-likeness (QED) is 0.648. The van der Waals surface area contributed by atoms with E-state index in [0.717, 1.165) is 18.7 Å². The summed E-state index contributed by atoms with van der Waals surface area (Å²) >= 11 is 6.24. The topological polar surface area (TPSA) is 74.4 Å². The fraction of sp³-hybridized carbons (Fsp3) is 0.440. The highest BCUT2D eigenvalue weighted by Gasteiger charge is 2.31. The molecule has 2 aliphatic heterocycles. The first-order chi connectivity index (χ1) is 16.5. The molecule has 0 spiro atoms. The number of carbonyl (C=O) groups is 2. The van der Waals surface area contributed by atoms with Crippen molar-refractivity contribution in [3.05, 3.63) is 59.1 Å². The third kappa shape index (κ3) is 6.07. The van der Waals surface area contributed by atoms with E-state index in [4.69, 9.17) is 21.1 Å². The summed E-state index contributed by atoms with van der Waals surface area (Å²) in [6, 6.07) is 14.5. The van der Waals surface area contributed by atoms with Crippen molar-refractivity contribution < 1.29 is 19.1 Å². The fourth-order valence-corrected chi connectivity index (χ4v) is 4.66. The zero-order valence-corrected chi connectivity index (χ0v) is 20.2. The first kappa shape index (κ1) is 24.5. The molecule has 1 atom stereocenters. The Bertz CT molecular complexity index is 976. The van der Waals surface area contributed by atoms with Gasteiger partial charge in [0.15, 0.2) is 0 Å². The number of carbonyl (C=O) groups excluding carboxylic acids is 2. The van der Waals surface area contributed by atoms with E-state index in [1.54, 1.807) is 25.3 Å². The lowest BCUT2D eigenvalue weighted by Gasteiger charge is -2.39. The maximum atomic E-state index is 13.4. The molecule has 9 heteroatoms.